The zero-order chi connectivity index (χ0) is 13.2. The van der Waals surface area contributed by atoms with Gasteiger partial charge in [0.1, 0.15) is 13.2 Å². The van der Waals surface area contributed by atoms with Crippen LogP contribution in [0.25, 0.3) is 11.1 Å². The first-order valence-electron chi connectivity index (χ1n) is 6.46. The molecule has 2 aromatic rings. The van der Waals surface area contributed by atoms with Gasteiger partial charge in [-0.05, 0) is 47.9 Å². The number of anilines is 1. The minimum absolute atomic E-state index is 0.617. The molecule has 0 spiro atoms. The van der Waals surface area contributed by atoms with Gasteiger partial charge in [0.15, 0.2) is 11.5 Å². The molecule has 3 nitrogen and oxygen atoms in total. The monoisotopic (exact) mass is 255 g/mol. The van der Waals surface area contributed by atoms with Crippen LogP contribution in [0.15, 0.2) is 36.4 Å². The predicted molar refractivity (Wildman–Crippen MR) is 77.2 cm³/mol. The Morgan fingerprint density at radius 1 is 1.00 bits per heavy atom. The van der Waals surface area contributed by atoms with Crippen LogP contribution in [0, 0.1) is 6.92 Å². The van der Waals surface area contributed by atoms with E-state index in [1.165, 1.54) is 16.7 Å². The van der Waals surface area contributed by atoms with E-state index in [9.17, 15) is 0 Å². The van der Waals surface area contributed by atoms with E-state index in [0.717, 1.165) is 17.2 Å². The number of ether oxygens (including phenoxy) is 2. The molecule has 3 heteroatoms. The molecule has 0 radical (unpaired) electrons. The molecule has 1 aliphatic heterocycles. The van der Waals surface area contributed by atoms with Gasteiger partial charge in [0, 0.05) is 12.7 Å². The molecule has 1 heterocycles. The van der Waals surface area contributed by atoms with Gasteiger partial charge in [-0.1, -0.05) is 12.1 Å². The van der Waals surface area contributed by atoms with E-state index in [1.54, 1.807) is 0 Å². The quantitative estimate of drug-likeness (QED) is 0.891. The van der Waals surface area contributed by atoms with Crippen LogP contribution in [0.1, 0.15) is 5.56 Å². The third-order valence-electron chi connectivity index (χ3n) is 3.35. The summed E-state index contributed by atoms with van der Waals surface area (Å²) in [6.07, 6.45) is 0. The standard InChI is InChI=1S/C16H17NO2/c1-11-8-15-16(19-7-6-18-15)10-14(11)12-4-3-5-13(9-12)17-2/h3-5,8-10,17H,6-7H2,1-2H3. The predicted octanol–water partition coefficient (Wildman–Crippen LogP) is 3.47. The van der Waals surface area contributed by atoms with E-state index >= 15 is 0 Å². The van der Waals surface area contributed by atoms with Crippen molar-refractivity contribution in [1.29, 1.82) is 0 Å². The first-order valence-corrected chi connectivity index (χ1v) is 6.46. The molecule has 98 valence electrons. The lowest BCUT2D eigenvalue weighted by Gasteiger charge is -2.20. The highest BCUT2D eigenvalue weighted by molar-refractivity contribution is 5.73. The molecule has 0 fully saturated rings. The number of hydrogen-bond donors (Lipinski definition) is 1. The Bertz CT molecular complexity index is 608. The first-order chi connectivity index (χ1) is 9.28. The average molecular weight is 255 g/mol. The fourth-order valence-electron chi connectivity index (χ4n) is 2.34. The fourth-order valence-corrected chi connectivity index (χ4v) is 2.34. The van der Waals surface area contributed by atoms with Gasteiger partial charge in [0.2, 0.25) is 0 Å². The van der Waals surface area contributed by atoms with Crippen LogP contribution < -0.4 is 14.8 Å². The van der Waals surface area contributed by atoms with Crippen molar-refractivity contribution in [2.45, 2.75) is 6.92 Å². The van der Waals surface area contributed by atoms with Gasteiger partial charge < -0.3 is 14.8 Å². The normalized spacial score (nSPS) is 13.2. The molecule has 0 unspecified atom stereocenters. The molecule has 0 saturated carbocycles. The highest BCUT2D eigenvalue weighted by Gasteiger charge is 2.15. The minimum Gasteiger partial charge on any atom is -0.486 e. The number of rotatable bonds is 2. The summed E-state index contributed by atoms with van der Waals surface area (Å²) in [5, 5.41) is 3.16. The summed E-state index contributed by atoms with van der Waals surface area (Å²) in [5.41, 5.74) is 4.66. The van der Waals surface area contributed by atoms with E-state index < -0.39 is 0 Å². The van der Waals surface area contributed by atoms with Gasteiger partial charge >= 0.3 is 0 Å². The number of fused-ring (bicyclic) bond motifs is 1. The van der Waals surface area contributed by atoms with Crippen molar-refractivity contribution >= 4 is 5.69 Å². The largest absolute Gasteiger partial charge is 0.486 e. The van der Waals surface area contributed by atoms with Crippen LogP contribution >= 0.6 is 0 Å². The van der Waals surface area contributed by atoms with Crippen LogP contribution in [0.4, 0.5) is 5.69 Å². The maximum Gasteiger partial charge on any atom is 0.161 e. The second-order valence-corrected chi connectivity index (χ2v) is 4.64. The Labute approximate surface area is 113 Å². The number of hydrogen-bond acceptors (Lipinski definition) is 3. The maximum absolute atomic E-state index is 5.66. The van der Waals surface area contributed by atoms with Gasteiger partial charge in [-0.2, -0.15) is 0 Å². The fraction of sp³-hybridized carbons (Fsp3) is 0.250. The SMILES string of the molecule is CNc1cccc(-c2cc3c(cc2C)OCCO3)c1. The van der Waals surface area contributed by atoms with E-state index in [2.05, 4.69) is 48.6 Å². The first kappa shape index (κ1) is 11.9. The molecule has 0 saturated heterocycles. The van der Waals surface area contributed by atoms with Crippen molar-refractivity contribution in [2.24, 2.45) is 0 Å². The molecule has 0 bridgehead atoms. The highest BCUT2D eigenvalue weighted by Crippen LogP contribution is 2.37. The van der Waals surface area contributed by atoms with Crippen molar-refractivity contribution in [2.75, 3.05) is 25.6 Å². The molecule has 0 aromatic heterocycles. The molecular weight excluding hydrogens is 238 g/mol. The Kier molecular flexibility index (Phi) is 3.03. The molecule has 3 rings (SSSR count). The maximum atomic E-state index is 5.66. The third kappa shape index (κ3) is 2.24. The lowest BCUT2D eigenvalue weighted by molar-refractivity contribution is 0.171. The van der Waals surface area contributed by atoms with E-state index in [0.29, 0.717) is 13.2 Å². The van der Waals surface area contributed by atoms with Crippen molar-refractivity contribution in [3.8, 4) is 22.6 Å². The van der Waals surface area contributed by atoms with Crippen molar-refractivity contribution in [1.82, 2.24) is 0 Å². The van der Waals surface area contributed by atoms with Crippen molar-refractivity contribution in [3.63, 3.8) is 0 Å². The summed E-state index contributed by atoms with van der Waals surface area (Å²) in [5.74, 6) is 1.68. The molecule has 1 aliphatic rings. The third-order valence-corrected chi connectivity index (χ3v) is 3.35. The molecule has 2 aromatic carbocycles. The average Bonchev–Trinajstić information content (AvgIpc) is 2.46. The second kappa shape index (κ2) is 4.84. The lowest BCUT2D eigenvalue weighted by atomic mass is 9.99. The summed E-state index contributed by atoms with van der Waals surface area (Å²) in [6.45, 7) is 3.34. The van der Waals surface area contributed by atoms with E-state index in [4.69, 9.17) is 9.47 Å². The van der Waals surface area contributed by atoms with Gasteiger partial charge in [-0.15, -0.1) is 0 Å². The summed E-state index contributed by atoms with van der Waals surface area (Å²) < 4.78 is 11.3. The van der Waals surface area contributed by atoms with Crippen LogP contribution in [-0.4, -0.2) is 20.3 Å². The topological polar surface area (TPSA) is 30.5 Å². The molecule has 0 aliphatic carbocycles. The number of aryl methyl sites for hydroxylation is 1. The Balaban J connectivity index is 2.08. The van der Waals surface area contributed by atoms with Gasteiger partial charge in [0.25, 0.3) is 0 Å². The number of nitrogens with one attached hydrogen (secondary N) is 1. The van der Waals surface area contributed by atoms with Crippen LogP contribution in [0.3, 0.4) is 0 Å². The number of benzene rings is 2. The Hall–Kier alpha value is -2.16. The van der Waals surface area contributed by atoms with Crippen LogP contribution in [-0.2, 0) is 0 Å². The second-order valence-electron chi connectivity index (χ2n) is 4.64. The molecule has 0 atom stereocenters. The summed E-state index contributed by atoms with van der Waals surface area (Å²) in [6, 6.07) is 12.5. The highest BCUT2D eigenvalue weighted by atomic mass is 16.6. The summed E-state index contributed by atoms with van der Waals surface area (Å²) >= 11 is 0. The van der Waals surface area contributed by atoms with Gasteiger partial charge in [0.05, 0.1) is 0 Å². The molecule has 1 N–H and O–H groups in total. The van der Waals surface area contributed by atoms with Crippen LogP contribution in [0.5, 0.6) is 11.5 Å². The minimum atomic E-state index is 0.617. The van der Waals surface area contributed by atoms with E-state index in [-0.39, 0.29) is 0 Å². The Morgan fingerprint density at radius 3 is 2.47 bits per heavy atom. The van der Waals surface area contributed by atoms with Crippen molar-refractivity contribution in [3.05, 3.63) is 42.0 Å². The molecule has 19 heavy (non-hydrogen) atoms. The zero-order valence-electron chi connectivity index (χ0n) is 11.2. The summed E-state index contributed by atoms with van der Waals surface area (Å²) in [4.78, 5) is 0. The van der Waals surface area contributed by atoms with Gasteiger partial charge in [-0.3, -0.25) is 0 Å². The van der Waals surface area contributed by atoms with Crippen LogP contribution in [0.2, 0.25) is 0 Å². The zero-order valence-corrected chi connectivity index (χ0v) is 11.2. The molecular formula is C16H17NO2. The van der Waals surface area contributed by atoms with Gasteiger partial charge in [-0.25, -0.2) is 0 Å². The lowest BCUT2D eigenvalue weighted by Crippen LogP contribution is -2.15. The Morgan fingerprint density at radius 2 is 1.74 bits per heavy atom. The van der Waals surface area contributed by atoms with Crippen molar-refractivity contribution < 1.29 is 9.47 Å². The summed E-state index contributed by atoms with van der Waals surface area (Å²) in [7, 11) is 1.93. The smallest absolute Gasteiger partial charge is 0.161 e. The van der Waals surface area contributed by atoms with E-state index in [1.807, 2.05) is 7.05 Å². The molecule has 0 amide bonds.